The summed E-state index contributed by atoms with van der Waals surface area (Å²) >= 11 is 1.20. The van der Waals surface area contributed by atoms with Gasteiger partial charge in [0.2, 0.25) is 5.91 Å². The van der Waals surface area contributed by atoms with Crippen LogP contribution in [0, 0.1) is 0 Å². The summed E-state index contributed by atoms with van der Waals surface area (Å²) in [6.45, 7) is 7.14. The van der Waals surface area contributed by atoms with Gasteiger partial charge in [0.1, 0.15) is 0 Å². The van der Waals surface area contributed by atoms with Crippen LogP contribution in [0.1, 0.15) is 13.8 Å². The lowest BCUT2D eigenvalue weighted by Gasteiger charge is -2.02. The number of hydrogen-bond acceptors (Lipinski definition) is 3. The highest BCUT2D eigenvalue weighted by Crippen LogP contribution is 1.98. The second-order valence-electron chi connectivity index (χ2n) is 2.38. The minimum atomic E-state index is -0.154. The summed E-state index contributed by atoms with van der Waals surface area (Å²) in [6.07, 6.45) is 0. The molecule has 68 valence electrons. The number of thioether (sulfide) groups is 1. The lowest BCUT2D eigenvalue weighted by molar-refractivity contribution is -0.117. The van der Waals surface area contributed by atoms with Crippen molar-refractivity contribution in [3.63, 3.8) is 0 Å². The lowest BCUT2D eigenvalue weighted by atomic mass is 10.3. The third-order valence-corrected chi connectivity index (χ3v) is 1.90. The average molecular weight is 187 g/mol. The monoisotopic (exact) mass is 187 g/mol. The van der Waals surface area contributed by atoms with Crippen molar-refractivity contribution in [2.75, 3.05) is 12.3 Å². The highest BCUT2D eigenvalue weighted by atomic mass is 32.2. The van der Waals surface area contributed by atoms with Crippen molar-refractivity contribution < 1.29 is 9.59 Å². The summed E-state index contributed by atoms with van der Waals surface area (Å²) in [7, 11) is 0. The topological polar surface area (TPSA) is 46.2 Å². The number of rotatable bonds is 4. The Hall–Kier alpha value is -0.770. The SMILES string of the molecule is C=C(C)C(=O)NCCSC(C)=O. The number of carbonyl (C=O) groups excluding carboxylic acids is 2. The second-order valence-corrected chi connectivity index (χ2v) is 3.65. The van der Waals surface area contributed by atoms with Crippen LogP contribution in [0.3, 0.4) is 0 Å². The fourth-order valence-electron chi connectivity index (χ4n) is 0.510. The molecule has 0 aliphatic carbocycles. The summed E-state index contributed by atoms with van der Waals surface area (Å²) in [5, 5.41) is 2.69. The van der Waals surface area contributed by atoms with Gasteiger partial charge < -0.3 is 5.32 Å². The molecule has 0 rings (SSSR count). The predicted octanol–water partition coefficient (Wildman–Crippen LogP) is 0.958. The van der Waals surface area contributed by atoms with Crippen LogP contribution in [0.2, 0.25) is 0 Å². The summed E-state index contributed by atoms with van der Waals surface area (Å²) in [5.74, 6) is 0.466. The standard InChI is InChI=1S/C8H13NO2S/c1-6(2)8(11)9-4-5-12-7(3)10/h1,4-5H2,2-3H3,(H,9,11). The van der Waals surface area contributed by atoms with E-state index in [9.17, 15) is 9.59 Å². The molecule has 0 unspecified atom stereocenters. The molecule has 0 fully saturated rings. The number of nitrogens with one attached hydrogen (secondary N) is 1. The molecule has 1 amide bonds. The van der Waals surface area contributed by atoms with Gasteiger partial charge in [-0.05, 0) is 6.92 Å². The molecular formula is C8H13NO2S. The predicted molar refractivity (Wildman–Crippen MR) is 51.0 cm³/mol. The van der Waals surface area contributed by atoms with Gasteiger partial charge in [0.25, 0.3) is 0 Å². The Morgan fingerprint density at radius 2 is 2.00 bits per heavy atom. The average Bonchev–Trinajstić information content (AvgIpc) is 1.97. The van der Waals surface area contributed by atoms with E-state index in [0.29, 0.717) is 17.9 Å². The van der Waals surface area contributed by atoms with Crippen molar-refractivity contribution in [3.05, 3.63) is 12.2 Å². The molecule has 0 saturated heterocycles. The highest BCUT2D eigenvalue weighted by molar-refractivity contribution is 8.13. The molecule has 0 heterocycles. The van der Waals surface area contributed by atoms with Crippen LogP contribution < -0.4 is 5.32 Å². The minimum absolute atomic E-state index is 0.0690. The molecule has 0 aromatic heterocycles. The molecule has 0 spiro atoms. The van der Waals surface area contributed by atoms with Crippen molar-refractivity contribution in [2.24, 2.45) is 0 Å². The first-order valence-corrected chi connectivity index (χ1v) is 4.59. The van der Waals surface area contributed by atoms with Crippen LogP contribution in [-0.2, 0) is 9.59 Å². The third kappa shape index (κ3) is 5.97. The Kier molecular flexibility index (Phi) is 5.45. The third-order valence-electron chi connectivity index (χ3n) is 1.08. The fourth-order valence-corrected chi connectivity index (χ4v) is 1.00. The lowest BCUT2D eigenvalue weighted by Crippen LogP contribution is -2.26. The molecule has 0 aliphatic rings. The molecule has 0 aromatic rings. The molecule has 0 aliphatic heterocycles. The summed E-state index contributed by atoms with van der Waals surface area (Å²) in [4.78, 5) is 21.3. The Bertz CT molecular complexity index is 201. The smallest absolute Gasteiger partial charge is 0.246 e. The van der Waals surface area contributed by atoms with Gasteiger partial charge in [-0.3, -0.25) is 9.59 Å². The Balaban J connectivity index is 3.38. The maximum absolute atomic E-state index is 10.9. The molecule has 3 nitrogen and oxygen atoms in total. The summed E-state index contributed by atoms with van der Waals surface area (Å²) in [5.41, 5.74) is 0.489. The molecule has 4 heteroatoms. The van der Waals surface area contributed by atoms with Gasteiger partial charge in [-0.2, -0.15) is 0 Å². The Morgan fingerprint density at radius 1 is 1.42 bits per heavy atom. The van der Waals surface area contributed by atoms with E-state index in [-0.39, 0.29) is 11.0 Å². The summed E-state index contributed by atoms with van der Waals surface area (Å²) < 4.78 is 0. The van der Waals surface area contributed by atoms with Crippen molar-refractivity contribution in [2.45, 2.75) is 13.8 Å². The molecule has 0 radical (unpaired) electrons. The van der Waals surface area contributed by atoms with Crippen LogP contribution >= 0.6 is 11.8 Å². The van der Waals surface area contributed by atoms with Crippen LogP contribution in [0.25, 0.3) is 0 Å². The molecule has 1 N–H and O–H groups in total. The van der Waals surface area contributed by atoms with Gasteiger partial charge in [-0.15, -0.1) is 0 Å². The first-order valence-electron chi connectivity index (χ1n) is 3.61. The quantitative estimate of drug-likeness (QED) is 0.526. The molecule has 0 atom stereocenters. The van der Waals surface area contributed by atoms with Gasteiger partial charge in [-0.25, -0.2) is 0 Å². The van der Waals surface area contributed by atoms with Gasteiger partial charge in [0.05, 0.1) is 0 Å². The maximum atomic E-state index is 10.9. The van der Waals surface area contributed by atoms with Crippen molar-refractivity contribution in [1.82, 2.24) is 5.32 Å². The minimum Gasteiger partial charge on any atom is -0.352 e. The van der Waals surface area contributed by atoms with Crippen LogP contribution in [0.4, 0.5) is 0 Å². The summed E-state index contributed by atoms with van der Waals surface area (Å²) in [6, 6.07) is 0. The van der Waals surface area contributed by atoms with E-state index in [1.807, 2.05) is 0 Å². The first-order chi connectivity index (χ1) is 5.54. The maximum Gasteiger partial charge on any atom is 0.246 e. The van der Waals surface area contributed by atoms with Crippen LogP contribution in [-0.4, -0.2) is 23.3 Å². The highest BCUT2D eigenvalue weighted by Gasteiger charge is 2.00. The van der Waals surface area contributed by atoms with Crippen molar-refractivity contribution in [1.29, 1.82) is 0 Å². The zero-order chi connectivity index (χ0) is 9.56. The van der Waals surface area contributed by atoms with E-state index in [1.165, 1.54) is 18.7 Å². The van der Waals surface area contributed by atoms with Gasteiger partial charge in [0.15, 0.2) is 5.12 Å². The van der Waals surface area contributed by atoms with E-state index in [4.69, 9.17) is 0 Å². The number of hydrogen-bond donors (Lipinski definition) is 1. The molecular weight excluding hydrogens is 174 g/mol. The van der Waals surface area contributed by atoms with E-state index in [1.54, 1.807) is 6.92 Å². The largest absolute Gasteiger partial charge is 0.352 e. The van der Waals surface area contributed by atoms with Crippen LogP contribution in [0.15, 0.2) is 12.2 Å². The van der Waals surface area contributed by atoms with E-state index in [2.05, 4.69) is 11.9 Å². The Morgan fingerprint density at radius 3 is 2.42 bits per heavy atom. The molecule has 0 aromatic carbocycles. The zero-order valence-electron chi connectivity index (χ0n) is 7.35. The van der Waals surface area contributed by atoms with E-state index < -0.39 is 0 Å². The molecule has 0 bridgehead atoms. The zero-order valence-corrected chi connectivity index (χ0v) is 8.16. The number of carbonyl (C=O) groups is 2. The first kappa shape index (κ1) is 11.2. The van der Waals surface area contributed by atoms with E-state index in [0.717, 1.165) is 0 Å². The van der Waals surface area contributed by atoms with Gasteiger partial charge in [0, 0.05) is 24.8 Å². The Labute approximate surface area is 76.6 Å². The van der Waals surface area contributed by atoms with Crippen molar-refractivity contribution in [3.8, 4) is 0 Å². The van der Waals surface area contributed by atoms with Gasteiger partial charge in [-0.1, -0.05) is 18.3 Å². The normalized spacial score (nSPS) is 9.17. The molecule has 12 heavy (non-hydrogen) atoms. The molecule has 0 saturated carbocycles. The van der Waals surface area contributed by atoms with Crippen LogP contribution in [0.5, 0.6) is 0 Å². The van der Waals surface area contributed by atoms with Gasteiger partial charge >= 0.3 is 0 Å². The number of amides is 1. The fraction of sp³-hybridized carbons (Fsp3) is 0.500. The van der Waals surface area contributed by atoms with E-state index >= 15 is 0 Å². The second kappa shape index (κ2) is 5.83. The van der Waals surface area contributed by atoms with Crippen molar-refractivity contribution >= 4 is 22.8 Å².